The summed E-state index contributed by atoms with van der Waals surface area (Å²) in [5, 5.41) is 13.6. The molecule has 0 aliphatic carbocycles. The maximum absolute atomic E-state index is 6.00. The lowest BCUT2D eigenvalue weighted by Gasteiger charge is -2.12. The van der Waals surface area contributed by atoms with Crippen LogP contribution in [0.1, 0.15) is 31.8 Å². The van der Waals surface area contributed by atoms with Gasteiger partial charge in [-0.05, 0) is 36.6 Å². The van der Waals surface area contributed by atoms with Crippen molar-refractivity contribution < 1.29 is 4.74 Å². The van der Waals surface area contributed by atoms with Crippen LogP contribution in [0.3, 0.4) is 0 Å². The van der Waals surface area contributed by atoms with Crippen LogP contribution >= 0.6 is 34.7 Å². The quantitative estimate of drug-likeness (QED) is 0.227. The van der Waals surface area contributed by atoms with Gasteiger partial charge < -0.3 is 9.30 Å². The van der Waals surface area contributed by atoms with E-state index in [0.29, 0.717) is 12.5 Å². The fourth-order valence-corrected chi connectivity index (χ4v) is 4.98. The molecule has 32 heavy (non-hydrogen) atoms. The average molecular weight is 485 g/mol. The molecule has 0 unspecified atom stereocenters. The monoisotopic (exact) mass is 484 g/mol. The summed E-state index contributed by atoms with van der Waals surface area (Å²) in [5.74, 6) is 3.01. The number of benzene rings is 2. The van der Waals surface area contributed by atoms with E-state index >= 15 is 0 Å². The normalized spacial score (nSPS) is 11.2. The summed E-state index contributed by atoms with van der Waals surface area (Å²) in [7, 11) is 0. The van der Waals surface area contributed by atoms with E-state index in [9.17, 15) is 0 Å². The Hall–Kier alpha value is -2.35. The summed E-state index contributed by atoms with van der Waals surface area (Å²) < 4.78 is 8.10. The van der Waals surface area contributed by atoms with Gasteiger partial charge >= 0.3 is 0 Å². The fourth-order valence-electron chi connectivity index (χ4n) is 3.05. The number of ether oxygens (including phenoxy) is 1. The zero-order valence-corrected chi connectivity index (χ0v) is 20.5. The van der Waals surface area contributed by atoms with Gasteiger partial charge in [-0.15, -0.1) is 21.5 Å². The smallest absolute Gasteiger partial charge is 0.191 e. The molecule has 0 aliphatic heterocycles. The maximum atomic E-state index is 6.00. The molecular weight excluding hydrogens is 460 g/mol. The Kier molecular flexibility index (Phi) is 7.84. The van der Waals surface area contributed by atoms with Gasteiger partial charge in [0.25, 0.3) is 0 Å². The highest BCUT2D eigenvalue weighted by atomic mass is 35.5. The third kappa shape index (κ3) is 6.12. The largest absolute Gasteiger partial charge is 0.486 e. The van der Waals surface area contributed by atoms with Gasteiger partial charge in [0.15, 0.2) is 11.0 Å². The summed E-state index contributed by atoms with van der Waals surface area (Å²) in [4.78, 5) is 4.78. The standard InChI is InChI=1S/C24H25ClN4OS2/c1-17(2)12-13-29-22(14-30-21-6-4-3-5-7-21)27-28-24(29)32-16-20-15-31-23(26-20)18-8-10-19(25)11-9-18/h3-11,15,17H,12-14,16H2,1-2H3. The number of thiazole rings is 1. The lowest BCUT2D eigenvalue weighted by atomic mass is 10.1. The summed E-state index contributed by atoms with van der Waals surface area (Å²) in [5.41, 5.74) is 2.11. The zero-order valence-electron chi connectivity index (χ0n) is 18.1. The second-order valence-electron chi connectivity index (χ2n) is 7.77. The first kappa shape index (κ1) is 22.8. The van der Waals surface area contributed by atoms with Gasteiger partial charge in [0, 0.05) is 28.3 Å². The van der Waals surface area contributed by atoms with Crippen LogP contribution in [0.15, 0.2) is 65.1 Å². The second-order valence-corrected chi connectivity index (χ2v) is 10.0. The van der Waals surface area contributed by atoms with Crippen LogP contribution in [0.5, 0.6) is 5.75 Å². The van der Waals surface area contributed by atoms with Crippen molar-refractivity contribution in [1.82, 2.24) is 19.7 Å². The number of nitrogens with zero attached hydrogens (tertiary/aromatic N) is 4. The van der Waals surface area contributed by atoms with Crippen molar-refractivity contribution in [3.63, 3.8) is 0 Å². The van der Waals surface area contributed by atoms with Crippen LogP contribution in [-0.2, 0) is 18.9 Å². The lowest BCUT2D eigenvalue weighted by Crippen LogP contribution is -2.10. The molecule has 0 bridgehead atoms. The molecule has 8 heteroatoms. The Bertz CT molecular complexity index is 1130. The number of para-hydroxylation sites is 1. The number of hydrogen-bond acceptors (Lipinski definition) is 6. The molecular formula is C24H25ClN4OS2. The van der Waals surface area contributed by atoms with E-state index in [2.05, 4.69) is 34.0 Å². The number of thioether (sulfide) groups is 1. The van der Waals surface area contributed by atoms with E-state index in [1.165, 1.54) is 0 Å². The van der Waals surface area contributed by atoms with Crippen molar-refractivity contribution in [3.05, 3.63) is 76.5 Å². The van der Waals surface area contributed by atoms with Crippen molar-refractivity contribution in [2.45, 2.75) is 44.3 Å². The lowest BCUT2D eigenvalue weighted by molar-refractivity contribution is 0.285. The molecule has 0 amide bonds. The van der Waals surface area contributed by atoms with Gasteiger partial charge in [-0.1, -0.05) is 67.5 Å². The molecule has 4 rings (SSSR count). The first-order chi connectivity index (χ1) is 15.6. The first-order valence-corrected chi connectivity index (χ1v) is 12.8. The van der Waals surface area contributed by atoms with Crippen molar-refractivity contribution >= 4 is 34.7 Å². The van der Waals surface area contributed by atoms with Gasteiger partial charge in [0.2, 0.25) is 0 Å². The molecule has 0 spiro atoms. The Morgan fingerprint density at radius 3 is 2.59 bits per heavy atom. The van der Waals surface area contributed by atoms with E-state index in [1.54, 1.807) is 23.1 Å². The molecule has 0 saturated carbocycles. The molecule has 0 fully saturated rings. The molecule has 0 aliphatic rings. The third-order valence-electron chi connectivity index (χ3n) is 4.83. The maximum Gasteiger partial charge on any atom is 0.191 e. The minimum absolute atomic E-state index is 0.396. The van der Waals surface area contributed by atoms with Crippen molar-refractivity contribution in [3.8, 4) is 16.3 Å². The fraction of sp³-hybridized carbons (Fsp3) is 0.292. The van der Waals surface area contributed by atoms with E-state index < -0.39 is 0 Å². The summed E-state index contributed by atoms with van der Waals surface area (Å²) in [6, 6.07) is 17.6. The SMILES string of the molecule is CC(C)CCn1c(COc2ccccc2)nnc1SCc1csc(-c2ccc(Cl)cc2)n1. The molecule has 0 saturated heterocycles. The van der Waals surface area contributed by atoms with Crippen molar-refractivity contribution in [2.75, 3.05) is 0 Å². The Labute approximate surface area is 201 Å². The minimum atomic E-state index is 0.396. The summed E-state index contributed by atoms with van der Waals surface area (Å²) >= 11 is 9.30. The van der Waals surface area contributed by atoms with Gasteiger partial charge in [-0.3, -0.25) is 0 Å². The second kappa shape index (κ2) is 11.0. The molecule has 2 aromatic carbocycles. The average Bonchev–Trinajstić information content (AvgIpc) is 3.43. The predicted octanol–water partition coefficient (Wildman–Crippen LogP) is 6.97. The highest BCUT2D eigenvalue weighted by Gasteiger charge is 2.15. The molecule has 0 radical (unpaired) electrons. The number of aromatic nitrogens is 4. The van der Waals surface area contributed by atoms with Gasteiger partial charge in [-0.2, -0.15) is 0 Å². The highest BCUT2D eigenvalue weighted by molar-refractivity contribution is 7.98. The molecule has 2 heterocycles. The summed E-state index contributed by atoms with van der Waals surface area (Å²) in [6.07, 6.45) is 1.06. The van der Waals surface area contributed by atoms with Gasteiger partial charge in [0.1, 0.15) is 17.4 Å². The molecule has 166 valence electrons. The van der Waals surface area contributed by atoms with Gasteiger partial charge in [-0.25, -0.2) is 4.98 Å². The Morgan fingerprint density at radius 2 is 1.84 bits per heavy atom. The van der Waals surface area contributed by atoms with Crippen LogP contribution in [0.2, 0.25) is 5.02 Å². The summed E-state index contributed by atoms with van der Waals surface area (Å²) in [6.45, 7) is 5.72. The van der Waals surface area contributed by atoms with Gasteiger partial charge in [0.05, 0.1) is 5.69 Å². The van der Waals surface area contributed by atoms with Crippen LogP contribution in [0, 0.1) is 5.92 Å². The Balaban J connectivity index is 1.44. The van der Waals surface area contributed by atoms with Crippen LogP contribution in [-0.4, -0.2) is 19.7 Å². The minimum Gasteiger partial charge on any atom is -0.486 e. The first-order valence-electron chi connectivity index (χ1n) is 10.5. The van der Waals surface area contributed by atoms with Crippen LogP contribution in [0.25, 0.3) is 10.6 Å². The third-order valence-corrected chi connectivity index (χ3v) is 7.02. The number of halogens is 1. The van der Waals surface area contributed by atoms with Crippen molar-refractivity contribution in [2.24, 2.45) is 5.92 Å². The van der Waals surface area contributed by atoms with Crippen molar-refractivity contribution in [1.29, 1.82) is 0 Å². The van der Waals surface area contributed by atoms with E-state index in [0.717, 1.165) is 56.7 Å². The van der Waals surface area contributed by atoms with E-state index in [4.69, 9.17) is 21.3 Å². The van der Waals surface area contributed by atoms with Crippen LogP contribution < -0.4 is 4.74 Å². The predicted molar refractivity (Wildman–Crippen MR) is 132 cm³/mol. The topological polar surface area (TPSA) is 52.8 Å². The molecule has 5 nitrogen and oxygen atoms in total. The number of rotatable bonds is 10. The highest BCUT2D eigenvalue weighted by Crippen LogP contribution is 2.29. The van der Waals surface area contributed by atoms with E-state index in [-0.39, 0.29) is 0 Å². The van der Waals surface area contributed by atoms with Crippen LogP contribution in [0.4, 0.5) is 0 Å². The molecule has 2 aromatic heterocycles. The molecule has 4 aromatic rings. The molecule has 0 N–H and O–H groups in total. The Morgan fingerprint density at radius 1 is 1.06 bits per heavy atom. The zero-order chi connectivity index (χ0) is 22.3. The number of hydrogen-bond donors (Lipinski definition) is 0. The van der Waals surface area contributed by atoms with E-state index in [1.807, 2.05) is 54.6 Å². The molecule has 0 atom stereocenters.